The van der Waals surface area contributed by atoms with Crippen LogP contribution >= 0.6 is 0 Å². The number of carbonyl (C=O) groups excluding carboxylic acids is 2. The van der Waals surface area contributed by atoms with Crippen molar-refractivity contribution in [2.75, 3.05) is 13.1 Å². The van der Waals surface area contributed by atoms with Crippen LogP contribution in [0.4, 0.5) is 0 Å². The number of fused-ring (bicyclic) bond motifs is 2. The maximum Gasteiger partial charge on any atom is 0.316 e. The van der Waals surface area contributed by atoms with E-state index < -0.39 is 11.4 Å². The van der Waals surface area contributed by atoms with Gasteiger partial charge in [-0.1, -0.05) is 13.0 Å². The zero-order valence-corrected chi connectivity index (χ0v) is 17.1. The highest BCUT2D eigenvalue weighted by Gasteiger charge is 2.37. The normalized spacial score (nSPS) is 22.6. The first-order valence-electron chi connectivity index (χ1n) is 10.00. The van der Waals surface area contributed by atoms with Crippen molar-refractivity contribution in [3.63, 3.8) is 0 Å². The highest BCUT2D eigenvalue weighted by molar-refractivity contribution is 5.80. The number of carbonyl (C=O) groups is 2. The molecule has 0 aromatic heterocycles. The molecule has 2 atom stereocenters. The van der Waals surface area contributed by atoms with Crippen LogP contribution in [0.3, 0.4) is 0 Å². The Morgan fingerprint density at radius 2 is 1.93 bits per heavy atom. The zero-order valence-electron chi connectivity index (χ0n) is 17.1. The number of likely N-dealkylation sites (tertiary alicyclic amines) is 1. The standard InChI is InChI=1S/C22H31NO4/c1-6-23-11-7-8-16-12-17-15(13-18(16)23)9-10-19(20(17)26-14(2)24)27-21(25)22(3,4)5/h9-10,16,18H,6-8,11-13H2,1-5H3/t16-,18-/m0/s1. The van der Waals surface area contributed by atoms with Gasteiger partial charge in [0.2, 0.25) is 0 Å². The third-order valence-corrected chi connectivity index (χ3v) is 5.72. The Morgan fingerprint density at radius 3 is 2.56 bits per heavy atom. The molecule has 0 radical (unpaired) electrons. The Kier molecular flexibility index (Phi) is 5.61. The third kappa shape index (κ3) is 4.18. The van der Waals surface area contributed by atoms with Gasteiger partial charge >= 0.3 is 11.9 Å². The molecule has 0 amide bonds. The summed E-state index contributed by atoms with van der Waals surface area (Å²) in [5.74, 6) is 0.612. The molecule has 1 aromatic carbocycles. The molecule has 2 aliphatic rings. The third-order valence-electron chi connectivity index (χ3n) is 5.72. The minimum Gasteiger partial charge on any atom is -0.422 e. The Morgan fingerprint density at radius 1 is 1.19 bits per heavy atom. The second-order valence-electron chi connectivity index (χ2n) is 8.77. The van der Waals surface area contributed by atoms with E-state index in [0.717, 1.165) is 31.5 Å². The van der Waals surface area contributed by atoms with Crippen LogP contribution in [-0.4, -0.2) is 36.0 Å². The number of ether oxygens (including phenoxy) is 2. The lowest BCUT2D eigenvalue weighted by Crippen LogP contribution is -2.49. The number of rotatable bonds is 3. The monoisotopic (exact) mass is 373 g/mol. The molecule has 5 heteroatoms. The molecule has 3 rings (SSSR count). The molecule has 1 aliphatic carbocycles. The molecule has 27 heavy (non-hydrogen) atoms. The van der Waals surface area contributed by atoms with Gasteiger partial charge in [-0.05, 0) is 77.1 Å². The maximum absolute atomic E-state index is 12.4. The topological polar surface area (TPSA) is 55.8 Å². The predicted molar refractivity (Wildman–Crippen MR) is 104 cm³/mol. The quantitative estimate of drug-likeness (QED) is 0.596. The Balaban J connectivity index is 1.97. The summed E-state index contributed by atoms with van der Waals surface area (Å²) in [5, 5.41) is 0. The van der Waals surface area contributed by atoms with Crippen LogP contribution in [0, 0.1) is 11.3 Å². The van der Waals surface area contributed by atoms with Gasteiger partial charge in [-0.15, -0.1) is 0 Å². The molecule has 0 spiro atoms. The maximum atomic E-state index is 12.4. The van der Waals surface area contributed by atoms with Crippen molar-refractivity contribution in [3.8, 4) is 11.5 Å². The van der Waals surface area contributed by atoms with E-state index in [-0.39, 0.29) is 5.97 Å². The fourth-order valence-electron chi connectivity index (χ4n) is 4.28. The Labute approximate surface area is 162 Å². The number of nitrogens with zero attached hydrogens (tertiary/aromatic N) is 1. The van der Waals surface area contributed by atoms with Gasteiger partial charge in [-0.25, -0.2) is 0 Å². The second-order valence-corrected chi connectivity index (χ2v) is 8.77. The molecule has 0 N–H and O–H groups in total. The van der Waals surface area contributed by atoms with Gasteiger partial charge < -0.3 is 14.4 Å². The zero-order chi connectivity index (χ0) is 19.8. The van der Waals surface area contributed by atoms with Crippen molar-refractivity contribution >= 4 is 11.9 Å². The summed E-state index contributed by atoms with van der Waals surface area (Å²) in [7, 11) is 0. The van der Waals surface area contributed by atoms with Gasteiger partial charge in [0.25, 0.3) is 0 Å². The molecule has 0 saturated carbocycles. The number of esters is 2. The van der Waals surface area contributed by atoms with Gasteiger partial charge in [-0.3, -0.25) is 9.59 Å². The van der Waals surface area contributed by atoms with Crippen molar-refractivity contribution in [2.45, 2.75) is 66.3 Å². The van der Waals surface area contributed by atoms with Gasteiger partial charge in [0.15, 0.2) is 11.5 Å². The molecule has 1 aromatic rings. The van der Waals surface area contributed by atoms with E-state index in [1.165, 1.54) is 25.3 Å². The molecule has 0 unspecified atom stereocenters. The van der Waals surface area contributed by atoms with Crippen molar-refractivity contribution in [3.05, 3.63) is 23.3 Å². The fraction of sp³-hybridized carbons (Fsp3) is 0.636. The molecule has 1 fully saturated rings. The number of piperidine rings is 1. The highest BCUT2D eigenvalue weighted by Crippen LogP contribution is 2.43. The Bertz CT molecular complexity index is 735. The highest BCUT2D eigenvalue weighted by atomic mass is 16.6. The van der Waals surface area contributed by atoms with Crippen molar-refractivity contribution in [1.82, 2.24) is 4.90 Å². The number of hydrogen-bond donors (Lipinski definition) is 0. The lowest BCUT2D eigenvalue weighted by molar-refractivity contribution is -0.143. The average molecular weight is 373 g/mol. The van der Waals surface area contributed by atoms with Crippen LogP contribution in [0.1, 0.15) is 58.6 Å². The molecular formula is C22H31NO4. The van der Waals surface area contributed by atoms with Crippen LogP contribution < -0.4 is 9.47 Å². The fourth-order valence-corrected chi connectivity index (χ4v) is 4.28. The first-order valence-corrected chi connectivity index (χ1v) is 10.00. The summed E-state index contributed by atoms with van der Waals surface area (Å²) in [4.78, 5) is 26.7. The minimum atomic E-state index is -0.626. The van der Waals surface area contributed by atoms with Crippen LogP contribution in [0.2, 0.25) is 0 Å². The summed E-state index contributed by atoms with van der Waals surface area (Å²) < 4.78 is 11.2. The summed E-state index contributed by atoms with van der Waals surface area (Å²) in [5.41, 5.74) is 1.60. The average Bonchev–Trinajstić information content (AvgIpc) is 2.60. The van der Waals surface area contributed by atoms with Gasteiger partial charge in [0.05, 0.1) is 5.41 Å². The van der Waals surface area contributed by atoms with Gasteiger partial charge in [0.1, 0.15) is 0 Å². The molecular weight excluding hydrogens is 342 g/mol. The lowest BCUT2D eigenvalue weighted by atomic mass is 9.75. The first-order chi connectivity index (χ1) is 12.7. The summed E-state index contributed by atoms with van der Waals surface area (Å²) >= 11 is 0. The molecule has 5 nitrogen and oxygen atoms in total. The Hall–Kier alpha value is -1.88. The van der Waals surface area contributed by atoms with Crippen molar-refractivity contribution in [1.29, 1.82) is 0 Å². The molecule has 1 saturated heterocycles. The smallest absolute Gasteiger partial charge is 0.316 e. The summed E-state index contributed by atoms with van der Waals surface area (Å²) in [6.07, 6.45) is 4.20. The largest absolute Gasteiger partial charge is 0.422 e. The van der Waals surface area contributed by atoms with E-state index >= 15 is 0 Å². The van der Waals surface area contributed by atoms with Crippen LogP contribution in [0.25, 0.3) is 0 Å². The van der Waals surface area contributed by atoms with E-state index in [4.69, 9.17) is 9.47 Å². The van der Waals surface area contributed by atoms with Crippen LogP contribution in [0.5, 0.6) is 11.5 Å². The lowest BCUT2D eigenvalue weighted by Gasteiger charge is -2.44. The van der Waals surface area contributed by atoms with Crippen molar-refractivity contribution < 1.29 is 19.1 Å². The molecule has 1 heterocycles. The van der Waals surface area contributed by atoms with Crippen molar-refractivity contribution in [2.24, 2.45) is 11.3 Å². The SMILES string of the molecule is CCN1CCC[C@H]2Cc3c(ccc(OC(=O)C(C)(C)C)c3OC(C)=O)C[C@@H]21. The molecule has 0 bridgehead atoms. The first kappa shape index (κ1) is 19.9. The summed E-state index contributed by atoms with van der Waals surface area (Å²) in [6, 6.07) is 4.36. The summed E-state index contributed by atoms with van der Waals surface area (Å²) in [6.45, 7) is 11.3. The number of hydrogen-bond acceptors (Lipinski definition) is 5. The molecule has 1 aliphatic heterocycles. The van der Waals surface area contributed by atoms with Gasteiger partial charge in [0, 0.05) is 18.5 Å². The van der Waals surface area contributed by atoms with E-state index in [9.17, 15) is 9.59 Å². The van der Waals surface area contributed by atoms with Crippen LogP contribution in [0.15, 0.2) is 12.1 Å². The van der Waals surface area contributed by atoms with E-state index in [2.05, 4.69) is 11.8 Å². The predicted octanol–water partition coefficient (Wildman–Crippen LogP) is 3.76. The van der Waals surface area contributed by atoms with Gasteiger partial charge in [-0.2, -0.15) is 0 Å². The number of benzene rings is 1. The minimum absolute atomic E-state index is 0.334. The van der Waals surface area contributed by atoms with Crippen LogP contribution in [-0.2, 0) is 22.4 Å². The number of likely N-dealkylation sites (N-methyl/N-ethyl adjacent to an activating group) is 1. The molecule has 148 valence electrons. The van der Waals surface area contributed by atoms with E-state index in [1.54, 1.807) is 6.07 Å². The second kappa shape index (κ2) is 7.63. The van der Waals surface area contributed by atoms with E-state index in [0.29, 0.717) is 23.5 Å². The van der Waals surface area contributed by atoms with E-state index in [1.807, 2.05) is 26.8 Å².